The number of aromatic nitrogens is 1. The lowest BCUT2D eigenvalue weighted by molar-refractivity contribution is 0.0912. The van der Waals surface area contributed by atoms with Gasteiger partial charge in [-0.2, -0.15) is 0 Å². The smallest absolute Gasteiger partial charge is 0.404 e. The number of amides is 2. The third kappa shape index (κ3) is 2.71. The lowest BCUT2D eigenvalue weighted by Crippen LogP contribution is -2.39. The molecule has 6 nitrogen and oxygen atoms in total. The van der Waals surface area contributed by atoms with Crippen LogP contribution < -0.4 is 10.6 Å². The molecule has 0 saturated heterocycles. The zero-order chi connectivity index (χ0) is 12.4. The molecule has 2 amide bonds. The SMILES string of the molecule is O=C(O)NCCC1CNC(=O)c2cc(I)cn21. The molecular formula is C10H12IN3O3. The maximum Gasteiger partial charge on any atom is 0.404 e. The number of carbonyl (C=O) groups excluding carboxylic acids is 1. The summed E-state index contributed by atoms with van der Waals surface area (Å²) >= 11 is 2.16. The van der Waals surface area contributed by atoms with Crippen LogP contribution in [0.2, 0.25) is 0 Å². The summed E-state index contributed by atoms with van der Waals surface area (Å²) < 4.78 is 2.93. The van der Waals surface area contributed by atoms with Crippen LogP contribution in [-0.2, 0) is 0 Å². The van der Waals surface area contributed by atoms with E-state index in [2.05, 4.69) is 33.2 Å². The highest BCUT2D eigenvalue weighted by atomic mass is 127. The van der Waals surface area contributed by atoms with E-state index in [-0.39, 0.29) is 11.9 Å². The predicted molar refractivity (Wildman–Crippen MR) is 69.2 cm³/mol. The normalized spacial score (nSPS) is 18.4. The Labute approximate surface area is 112 Å². The fraction of sp³-hybridized carbons (Fsp3) is 0.400. The molecule has 0 aromatic carbocycles. The fourth-order valence-corrected chi connectivity index (χ4v) is 2.51. The molecule has 0 radical (unpaired) electrons. The van der Waals surface area contributed by atoms with Crippen molar-refractivity contribution < 1.29 is 14.7 Å². The first-order valence-electron chi connectivity index (χ1n) is 5.20. The molecule has 1 aliphatic rings. The largest absolute Gasteiger partial charge is 0.465 e. The van der Waals surface area contributed by atoms with Crippen molar-refractivity contribution in [2.24, 2.45) is 0 Å². The summed E-state index contributed by atoms with van der Waals surface area (Å²) in [4.78, 5) is 21.9. The quantitative estimate of drug-likeness (QED) is 0.713. The van der Waals surface area contributed by atoms with E-state index in [0.29, 0.717) is 25.2 Å². The average molecular weight is 349 g/mol. The minimum Gasteiger partial charge on any atom is -0.465 e. The first kappa shape index (κ1) is 12.2. The van der Waals surface area contributed by atoms with E-state index in [9.17, 15) is 9.59 Å². The third-order valence-electron chi connectivity index (χ3n) is 2.69. The zero-order valence-electron chi connectivity index (χ0n) is 8.94. The molecule has 3 N–H and O–H groups in total. The van der Waals surface area contributed by atoms with E-state index in [1.807, 2.05) is 16.8 Å². The number of halogens is 1. The van der Waals surface area contributed by atoms with Gasteiger partial charge in [-0.3, -0.25) is 4.79 Å². The van der Waals surface area contributed by atoms with E-state index in [1.54, 1.807) is 0 Å². The molecule has 0 saturated carbocycles. The van der Waals surface area contributed by atoms with Crippen molar-refractivity contribution in [2.45, 2.75) is 12.5 Å². The van der Waals surface area contributed by atoms with Gasteiger partial charge in [0.1, 0.15) is 5.69 Å². The zero-order valence-corrected chi connectivity index (χ0v) is 11.1. The van der Waals surface area contributed by atoms with Crippen molar-refractivity contribution >= 4 is 34.6 Å². The Morgan fingerprint density at radius 1 is 1.71 bits per heavy atom. The van der Waals surface area contributed by atoms with E-state index in [4.69, 9.17) is 5.11 Å². The van der Waals surface area contributed by atoms with Crippen LogP contribution >= 0.6 is 22.6 Å². The van der Waals surface area contributed by atoms with Gasteiger partial charge in [-0.1, -0.05) is 0 Å². The number of hydrogen-bond acceptors (Lipinski definition) is 2. The summed E-state index contributed by atoms with van der Waals surface area (Å²) in [7, 11) is 0. The fourth-order valence-electron chi connectivity index (χ4n) is 1.92. The Morgan fingerprint density at radius 2 is 2.47 bits per heavy atom. The maximum absolute atomic E-state index is 11.6. The van der Waals surface area contributed by atoms with Gasteiger partial charge in [0.15, 0.2) is 0 Å². The van der Waals surface area contributed by atoms with Crippen molar-refractivity contribution in [3.05, 3.63) is 21.5 Å². The second-order valence-corrected chi connectivity index (χ2v) is 5.08. The van der Waals surface area contributed by atoms with Gasteiger partial charge in [-0.15, -0.1) is 0 Å². The lowest BCUT2D eigenvalue weighted by atomic mass is 10.1. The summed E-state index contributed by atoms with van der Waals surface area (Å²) in [5, 5.41) is 13.6. The topological polar surface area (TPSA) is 83.4 Å². The Kier molecular flexibility index (Phi) is 3.55. The Morgan fingerprint density at radius 3 is 3.18 bits per heavy atom. The monoisotopic (exact) mass is 349 g/mol. The van der Waals surface area contributed by atoms with Crippen molar-refractivity contribution in [1.29, 1.82) is 0 Å². The molecule has 1 aliphatic heterocycles. The minimum absolute atomic E-state index is 0.0737. The molecule has 7 heteroatoms. The maximum atomic E-state index is 11.6. The van der Waals surface area contributed by atoms with Gasteiger partial charge in [-0.05, 0) is 35.1 Å². The molecule has 0 bridgehead atoms. The van der Waals surface area contributed by atoms with Crippen molar-refractivity contribution in [3.63, 3.8) is 0 Å². The third-order valence-corrected chi connectivity index (χ3v) is 3.28. The minimum atomic E-state index is -1.02. The Balaban J connectivity index is 2.07. The average Bonchev–Trinajstić information content (AvgIpc) is 2.64. The van der Waals surface area contributed by atoms with Gasteiger partial charge >= 0.3 is 6.09 Å². The first-order valence-corrected chi connectivity index (χ1v) is 6.28. The molecule has 0 spiro atoms. The van der Waals surface area contributed by atoms with Crippen LogP contribution in [0.25, 0.3) is 0 Å². The molecule has 1 aromatic rings. The molecule has 0 aliphatic carbocycles. The molecule has 2 heterocycles. The molecule has 0 fully saturated rings. The van der Waals surface area contributed by atoms with Gasteiger partial charge in [0.2, 0.25) is 0 Å². The van der Waals surface area contributed by atoms with Crippen LogP contribution in [0.5, 0.6) is 0 Å². The summed E-state index contributed by atoms with van der Waals surface area (Å²) in [6.07, 6.45) is 1.55. The van der Waals surface area contributed by atoms with Crippen LogP contribution in [0.4, 0.5) is 4.79 Å². The van der Waals surface area contributed by atoms with Gasteiger partial charge in [0.05, 0.1) is 6.04 Å². The molecule has 1 aromatic heterocycles. The van der Waals surface area contributed by atoms with Gasteiger partial charge < -0.3 is 20.3 Å². The van der Waals surface area contributed by atoms with Crippen LogP contribution in [0.1, 0.15) is 23.0 Å². The van der Waals surface area contributed by atoms with Crippen molar-refractivity contribution in [2.75, 3.05) is 13.1 Å². The Bertz CT molecular complexity index is 458. The second kappa shape index (κ2) is 4.94. The number of nitrogens with one attached hydrogen (secondary N) is 2. The highest BCUT2D eigenvalue weighted by Crippen LogP contribution is 2.22. The van der Waals surface area contributed by atoms with E-state index < -0.39 is 6.09 Å². The summed E-state index contributed by atoms with van der Waals surface area (Å²) in [5.41, 5.74) is 0.640. The van der Waals surface area contributed by atoms with Crippen LogP contribution in [-0.4, -0.2) is 34.8 Å². The number of nitrogens with zero attached hydrogens (tertiary/aromatic N) is 1. The number of fused-ring (bicyclic) bond motifs is 1. The number of hydrogen-bond donors (Lipinski definition) is 3. The van der Waals surface area contributed by atoms with Gasteiger partial charge in [-0.25, -0.2) is 4.79 Å². The molecule has 1 atom stereocenters. The standard InChI is InChI=1S/C10H12IN3O3/c11-6-3-8-9(15)13-4-7(14(8)5-6)1-2-12-10(16)17/h3,5,7,12H,1-2,4H2,(H,13,15)(H,16,17). The van der Waals surface area contributed by atoms with Gasteiger partial charge in [0, 0.05) is 22.9 Å². The molecule has 1 unspecified atom stereocenters. The number of carbonyl (C=O) groups is 2. The predicted octanol–water partition coefficient (Wildman–Crippen LogP) is 1.03. The van der Waals surface area contributed by atoms with E-state index in [1.165, 1.54) is 0 Å². The van der Waals surface area contributed by atoms with Crippen LogP contribution in [0.3, 0.4) is 0 Å². The first-order chi connectivity index (χ1) is 8.08. The molecule has 17 heavy (non-hydrogen) atoms. The van der Waals surface area contributed by atoms with Crippen LogP contribution in [0, 0.1) is 3.57 Å². The highest BCUT2D eigenvalue weighted by Gasteiger charge is 2.24. The molecular weight excluding hydrogens is 337 g/mol. The second-order valence-electron chi connectivity index (χ2n) is 3.84. The van der Waals surface area contributed by atoms with Gasteiger partial charge in [0.25, 0.3) is 5.91 Å². The van der Waals surface area contributed by atoms with Crippen molar-refractivity contribution in [1.82, 2.24) is 15.2 Å². The van der Waals surface area contributed by atoms with E-state index in [0.717, 1.165) is 3.57 Å². The summed E-state index contributed by atoms with van der Waals surface area (Å²) in [5.74, 6) is -0.0737. The van der Waals surface area contributed by atoms with E-state index >= 15 is 0 Å². The number of carboxylic acid groups (broad SMARTS) is 1. The molecule has 2 rings (SSSR count). The van der Waals surface area contributed by atoms with Crippen LogP contribution in [0.15, 0.2) is 12.3 Å². The highest BCUT2D eigenvalue weighted by molar-refractivity contribution is 14.1. The Hall–Kier alpha value is -1.25. The molecule has 92 valence electrons. The lowest BCUT2D eigenvalue weighted by Gasteiger charge is -2.26. The summed E-state index contributed by atoms with van der Waals surface area (Å²) in [6, 6.07) is 1.94. The number of rotatable bonds is 3. The van der Waals surface area contributed by atoms with Crippen molar-refractivity contribution in [3.8, 4) is 0 Å². The summed E-state index contributed by atoms with van der Waals surface area (Å²) in [6.45, 7) is 0.919.